The van der Waals surface area contributed by atoms with Gasteiger partial charge in [0.2, 0.25) is 0 Å². The molecule has 1 heterocycles. The molecule has 0 aliphatic carbocycles. The van der Waals surface area contributed by atoms with Gasteiger partial charge in [-0.25, -0.2) is 4.79 Å². The molecule has 0 spiro atoms. The highest BCUT2D eigenvalue weighted by atomic mass is 79.9. The van der Waals surface area contributed by atoms with Crippen LogP contribution in [0, 0.1) is 0 Å². The number of carbonyl (C=O) groups is 1. The van der Waals surface area contributed by atoms with Gasteiger partial charge in [0.05, 0.1) is 10.0 Å². The van der Waals surface area contributed by atoms with Gasteiger partial charge in [0.1, 0.15) is 19.0 Å². The number of aromatic nitrogens is 1. The molecule has 0 fully saturated rings. The number of hydrogen-bond acceptors (Lipinski definition) is 4. The van der Waals surface area contributed by atoms with Gasteiger partial charge in [0.25, 0.3) is 0 Å². The van der Waals surface area contributed by atoms with Gasteiger partial charge >= 0.3 is 5.97 Å². The van der Waals surface area contributed by atoms with Crippen LogP contribution < -0.4 is 4.74 Å². The lowest BCUT2D eigenvalue weighted by molar-refractivity contribution is 0.0549. The van der Waals surface area contributed by atoms with Gasteiger partial charge in [-0.15, -0.1) is 0 Å². The Hall–Kier alpha value is -2.14. The molecule has 0 saturated carbocycles. The molecule has 0 unspecified atom stereocenters. The summed E-state index contributed by atoms with van der Waals surface area (Å²) in [6, 6.07) is 8.85. The van der Waals surface area contributed by atoms with E-state index in [2.05, 4.69) is 27.5 Å². The number of ether oxygens (including phenoxy) is 2. The van der Waals surface area contributed by atoms with Crippen LogP contribution in [0.5, 0.6) is 5.75 Å². The number of carbonyl (C=O) groups excluding carboxylic acids is 1. The summed E-state index contributed by atoms with van der Waals surface area (Å²) in [5, 5.41) is 0. The number of pyridine rings is 1. The van der Waals surface area contributed by atoms with Gasteiger partial charge in [-0.1, -0.05) is 18.7 Å². The van der Waals surface area contributed by atoms with Crippen LogP contribution in [0.15, 0.2) is 59.9 Å². The molecule has 0 N–H and O–H groups in total. The zero-order chi connectivity index (χ0) is 15.1. The van der Waals surface area contributed by atoms with Crippen molar-refractivity contribution in [2.24, 2.45) is 0 Å². The largest absolute Gasteiger partial charge is 0.488 e. The summed E-state index contributed by atoms with van der Waals surface area (Å²) in [5.74, 6) is 0.258. The van der Waals surface area contributed by atoms with E-state index < -0.39 is 5.97 Å². The van der Waals surface area contributed by atoms with Crippen molar-refractivity contribution in [1.82, 2.24) is 4.98 Å². The second-order valence-corrected chi connectivity index (χ2v) is 5.04. The molecule has 1 aromatic heterocycles. The third-order valence-electron chi connectivity index (χ3n) is 2.62. The first kappa shape index (κ1) is 15.3. The van der Waals surface area contributed by atoms with Gasteiger partial charge in [-0.05, 0) is 40.2 Å². The van der Waals surface area contributed by atoms with Gasteiger partial charge in [-0.2, -0.15) is 0 Å². The highest BCUT2D eigenvalue weighted by molar-refractivity contribution is 9.10. The molecule has 0 saturated heterocycles. The van der Waals surface area contributed by atoms with Crippen molar-refractivity contribution in [2.75, 3.05) is 6.61 Å². The topological polar surface area (TPSA) is 48.4 Å². The number of esters is 1. The van der Waals surface area contributed by atoms with E-state index in [9.17, 15) is 4.79 Å². The fourth-order valence-corrected chi connectivity index (χ4v) is 2.10. The Morgan fingerprint density at radius 2 is 2.24 bits per heavy atom. The molecule has 0 radical (unpaired) electrons. The van der Waals surface area contributed by atoms with Gasteiger partial charge in [0, 0.05) is 18.0 Å². The van der Waals surface area contributed by atoms with Crippen LogP contribution in [0.25, 0.3) is 0 Å². The van der Waals surface area contributed by atoms with E-state index in [1.807, 2.05) is 12.1 Å². The Bertz CT molecular complexity index is 629. The monoisotopic (exact) mass is 347 g/mol. The zero-order valence-electron chi connectivity index (χ0n) is 11.3. The minimum absolute atomic E-state index is 0.190. The Kier molecular flexibility index (Phi) is 5.51. The molecule has 0 aliphatic heterocycles. The number of rotatable bonds is 6. The Morgan fingerprint density at radius 1 is 1.38 bits per heavy atom. The molecule has 0 aliphatic rings. The third-order valence-corrected chi connectivity index (χ3v) is 3.24. The normalized spacial score (nSPS) is 9.95. The van der Waals surface area contributed by atoms with E-state index in [0.717, 1.165) is 5.56 Å². The molecule has 1 aromatic carbocycles. The van der Waals surface area contributed by atoms with Crippen molar-refractivity contribution < 1.29 is 14.3 Å². The van der Waals surface area contributed by atoms with E-state index in [1.165, 1.54) is 6.08 Å². The average Bonchev–Trinajstić information content (AvgIpc) is 2.52. The zero-order valence-corrected chi connectivity index (χ0v) is 12.9. The van der Waals surface area contributed by atoms with Crippen LogP contribution >= 0.6 is 15.9 Å². The predicted molar refractivity (Wildman–Crippen MR) is 83.2 cm³/mol. The lowest BCUT2D eigenvalue weighted by Gasteiger charge is -2.09. The minimum atomic E-state index is -0.394. The van der Waals surface area contributed by atoms with Crippen molar-refractivity contribution in [3.63, 3.8) is 0 Å². The minimum Gasteiger partial charge on any atom is -0.488 e. The maximum Gasteiger partial charge on any atom is 0.338 e. The van der Waals surface area contributed by atoms with E-state index >= 15 is 0 Å². The molecule has 0 amide bonds. The highest BCUT2D eigenvalue weighted by Crippen LogP contribution is 2.27. The number of benzene rings is 1. The van der Waals surface area contributed by atoms with Crippen molar-refractivity contribution in [3.05, 3.63) is 71.0 Å². The summed E-state index contributed by atoms with van der Waals surface area (Å²) < 4.78 is 11.4. The summed E-state index contributed by atoms with van der Waals surface area (Å²) in [5.41, 5.74) is 1.43. The molecule has 4 nitrogen and oxygen atoms in total. The van der Waals surface area contributed by atoms with Gasteiger partial charge < -0.3 is 9.47 Å². The summed E-state index contributed by atoms with van der Waals surface area (Å²) in [4.78, 5) is 15.7. The van der Waals surface area contributed by atoms with Gasteiger partial charge in [0.15, 0.2) is 0 Å². The fraction of sp³-hybridized carbons (Fsp3) is 0.125. The number of nitrogens with zero attached hydrogens (tertiary/aromatic N) is 1. The summed E-state index contributed by atoms with van der Waals surface area (Å²) in [6.07, 6.45) is 4.98. The molecule has 5 heteroatoms. The van der Waals surface area contributed by atoms with Crippen molar-refractivity contribution in [1.29, 1.82) is 0 Å². The Labute approximate surface area is 131 Å². The van der Waals surface area contributed by atoms with Crippen molar-refractivity contribution in [2.45, 2.75) is 6.61 Å². The van der Waals surface area contributed by atoms with Crippen LogP contribution in [-0.2, 0) is 11.3 Å². The lowest BCUT2D eigenvalue weighted by atomic mass is 10.2. The smallest absolute Gasteiger partial charge is 0.338 e. The SMILES string of the molecule is C=CCOC(=O)c1ccc(OCc2cccnc2)c(Br)c1. The molecule has 0 bridgehead atoms. The number of halogens is 1. The lowest BCUT2D eigenvalue weighted by Crippen LogP contribution is -2.05. The van der Waals surface area contributed by atoms with Crippen molar-refractivity contribution in [3.8, 4) is 5.75 Å². The van der Waals surface area contributed by atoms with E-state index in [0.29, 0.717) is 22.4 Å². The second kappa shape index (κ2) is 7.59. The van der Waals surface area contributed by atoms with Crippen molar-refractivity contribution >= 4 is 21.9 Å². The second-order valence-electron chi connectivity index (χ2n) is 4.18. The summed E-state index contributed by atoms with van der Waals surface area (Å²) >= 11 is 3.39. The third kappa shape index (κ3) is 4.43. The molecule has 108 valence electrons. The molecule has 21 heavy (non-hydrogen) atoms. The Balaban J connectivity index is 2.02. The highest BCUT2D eigenvalue weighted by Gasteiger charge is 2.10. The molecule has 2 aromatic rings. The number of hydrogen-bond donors (Lipinski definition) is 0. The van der Waals surface area contributed by atoms with E-state index in [-0.39, 0.29) is 6.61 Å². The van der Waals surface area contributed by atoms with E-state index in [4.69, 9.17) is 9.47 Å². The maximum absolute atomic E-state index is 11.7. The first-order valence-corrected chi connectivity index (χ1v) is 7.09. The van der Waals surface area contributed by atoms with Crippen LogP contribution in [0.4, 0.5) is 0 Å². The first-order valence-electron chi connectivity index (χ1n) is 6.30. The molecule has 0 atom stereocenters. The molecular weight excluding hydrogens is 334 g/mol. The van der Waals surface area contributed by atoms with Crippen LogP contribution in [0.1, 0.15) is 15.9 Å². The maximum atomic E-state index is 11.7. The average molecular weight is 348 g/mol. The Morgan fingerprint density at radius 3 is 2.90 bits per heavy atom. The van der Waals surface area contributed by atoms with E-state index in [1.54, 1.807) is 30.6 Å². The predicted octanol–water partition coefficient (Wildman–Crippen LogP) is 3.77. The van der Waals surface area contributed by atoms with Crippen LogP contribution in [0.2, 0.25) is 0 Å². The molecular formula is C16H14BrNO3. The molecule has 2 rings (SSSR count). The fourth-order valence-electron chi connectivity index (χ4n) is 1.61. The quantitative estimate of drug-likeness (QED) is 0.589. The standard InChI is InChI=1S/C16H14BrNO3/c1-2-8-20-16(19)13-5-6-15(14(17)9-13)21-11-12-4-3-7-18-10-12/h2-7,9-10H,1,8,11H2. The van der Waals surface area contributed by atoms with Crippen LogP contribution in [-0.4, -0.2) is 17.6 Å². The summed E-state index contributed by atoms with van der Waals surface area (Å²) in [6.45, 7) is 4.10. The van der Waals surface area contributed by atoms with Gasteiger partial charge in [-0.3, -0.25) is 4.98 Å². The first-order chi connectivity index (χ1) is 10.2. The van der Waals surface area contributed by atoms with Crippen LogP contribution in [0.3, 0.4) is 0 Å². The summed E-state index contributed by atoms with van der Waals surface area (Å²) in [7, 11) is 0.